The van der Waals surface area contributed by atoms with E-state index in [1.807, 2.05) is 20.8 Å². The SMILES string of the molecule is CC(C)c1cc(C(=O)NC2CCOC2C)cc(Cl)n1. The van der Waals surface area contributed by atoms with Gasteiger partial charge in [0, 0.05) is 17.9 Å². The molecule has 5 heteroatoms. The molecule has 1 aromatic rings. The lowest BCUT2D eigenvalue weighted by molar-refractivity contribution is 0.0866. The topological polar surface area (TPSA) is 51.2 Å². The van der Waals surface area contributed by atoms with Crippen molar-refractivity contribution in [2.24, 2.45) is 0 Å². The summed E-state index contributed by atoms with van der Waals surface area (Å²) in [6, 6.07) is 3.47. The fourth-order valence-corrected chi connectivity index (χ4v) is 2.33. The van der Waals surface area contributed by atoms with Crippen molar-refractivity contribution in [3.8, 4) is 0 Å². The highest BCUT2D eigenvalue weighted by Gasteiger charge is 2.26. The van der Waals surface area contributed by atoms with E-state index in [-0.39, 0.29) is 24.0 Å². The Morgan fingerprint density at radius 3 is 2.84 bits per heavy atom. The largest absolute Gasteiger partial charge is 0.376 e. The van der Waals surface area contributed by atoms with E-state index in [0.29, 0.717) is 17.3 Å². The fourth-order valence-electron chi connectivity index (χ4n) is 2.12. The van der Waals surface area contributed by atoms with E-state index in [0.717, 1.165) is 12.1 Å². The number of aromatic nitrogens is 1. The Morgan fingerprint density at radius 2 is 2.26 bits per heavy atom. The second kappa shape index (κ2) is 5.88. The summed E-state index contributed by atoms with van der Waals surface area (Å²) in [7, 11) is 0. The Hall–Kier alpha value is -1.13. The summed E-state index contributed by atoms with van der Waals surface area (Å²) >= 11 is 5.97. The highest BCUT2D eigenvalue weighted by molar-refractivity contribution is 6.29. The number of hydrogen-bond donors (Lipinski definition) is 1. The molecule has 2 atom stereocenters. The van der Waals surface area contributed by atoms with Gasteiger partial charge < -0.3 is 10.1 Å². The van der Waals surface area contributed by atoms with Crippen molar-refractivity contribution in [2.75, 3.05) is 6.61 Å². The lowest BCUT2D eigenvalue weighted by Crippen LogP contribution is -2.39. The van der Waals surface area contributed by atoms with Crippen LogP contribution in [0.15, 0.2) is 12.1 Å². The number of rotatable bonds is 3. The first-order valence-corrected chi connectivity index (χ1v) is 6.95. The molecule has 0 aromatic carbocycles. The predicted octanol–water partition coefficient (Wildman–Crippen LogP) is 2.77. The lowest BCUT2D eigenvalue weighted by atomic mass is 10.1. The van der Waals surface area contributed by atoms with E-state index in [1.54, 1.807) is 12.1 Å². The van der Waals surface area contributed by atoms with Gasteiger partial charge in [0.1, 0.15) is 5.15 Å². The molecular formula is C14H19ClN2O2. The van der Waals surface area contributed by atoms with Crippen LogP contribution in [0.3, 0.4) is 0 Å². The molecule has 2 rings (SSSR count). The molecular weight excluding hydrogens is 264 g/mol. The number of nitrogens with zero attached hydrogens (tertiary/aromatic N) is 1. The van der Waals surface area contributed by atoms with Crippen molar-refractivity contribution >= 4 is 17.5 Å². The summed E-state index contributed by atoms with van der Waals surface area (Å²) in [6.45, 7) is 6.71. The minimum Gasteiger partial charge on any atom is -0.376 e. The molecule has 1 fully saturated rings. The Kier molecular flexibility index (Phi) is 4.42. The zero-order valence-electron chi connectivity index (χ0n) is 11.4. The van der Waals surface area contributed by atoms with Crippen LogP contribution in [-0.2, 0) is 4.74 Å². The van der Waals surface area contributed by atoms with Crippen molar-refractivity contribution in [1.29, 1.82) is 0 Å². The van der Waals surface area contributed by atoms with Crippen LogP contribution in [0, 0.1) is 0 Å². The van der Waals surface area contributed by atoms with E-state index < -0.39 is 0 Å². The summed E-state index contributed by atoms with van der Waals surface area (Å²) in [5, 5.41) is 3.34. The molecule has 1 N–H and O–H groups in total. The van der Waals surface area contributed by atoms with Gasteiger partial charge in [-0.3, -0.25) is 4.79 Å². The summed E-state index contributed by atoms with van der Waals surface area (Å²) in [6.07, 6.45) is 0.911. The van der Waals surface area contributed by atoms with Crippen molar-refractivity contribution < 1.29 is 9.53 Å². The summed E-state index contributed by atoms with van der Waals surface area (Å²) in [5.41, 5.74) is 1.39. The molecule has 1 aliphatic heterocycles. The van der Waals surface area contributed by atoms with Crippen LogP contribution >= 0.6 is 11.6 Å². The number of hydrogen-bond acceptors (Lipinski definition) is 3. The highest BCUT2D eigenvalue weighted by atomic mass is 35.5. The first-order chi connectivity index (χ1) is 8.97. The van der Waals surface area contributed by atoms with E-state index in [1.165, 1.54) is 0 Å². The highest BCUT2D eigenvalue weighted by Crippen LogP contribution is 2.19. The van der Waals surface area contributed by atoms with Crippen LogP contribution in [0.5, 0.6) is 0 Å². The van der Waals surface area contributed by atoms with E-state index in [4.69, 9.17) is 16.3 Å². The average Bonchev–Trinajstić information content (AvgIpc) is 2.74. The molecule has 0 aliphatic carbocycles. The Bertz CT molecular complexity index is 477. The van der Waals surface area contributed by atoms with Crippen LogP contribution in [0.4, 0.5) is 0 Å². The predicted molar refractivity (Wildman–Crippen MR) is 74.6 cm³/mol. The number of amides is 1. The Balaban J connectivity index is 2.14. The molecule has 2 unspecified atom stereocenters. The molecule has 19 heavy (non-hydrogen) atoms. The van der Waals surface area contributed by atoms with Crippen LogP contribution in [0.2, 0.25) is 5.15 Å². The van der Waals surface area contributed by atoms with Crippen LogP contribution in [0.1, 0.15) is 49.2 Å². The molecule has 1 amide bonds. The van der Waals surface area contributed by atoms with E-state index in [9.17, 15) is 4.79 Å². The van der Waals surface area contributed by atoms with Gasteiger partial charge in [-0.05, 0) is 31.4 Å². The van der Waals surface area contributed by atoms with Gasteiger partial charge in [0.15, 0.2) is 0 Å². The number of carbonyl (C=O) groups excluding carboxylic acids is 1. The standard InChI is InChI=1S/C14H19ClN2O2/c1-8(2)12-6-10(7-13(15)16-12)14(18)17-11-4-5-19-9(11)3/h6-9,11H,4-5H2,1-3H3,(H,17,18). The first kappa shape index (κ1) is 14.3. The second-order valence-electron chi connectivity index (χ2n) is 5.20. The quantitative estimate of drug-likeness (QED) is 0.868. The van der Waals surface area contributed by atoms with Crippen molar-refractivity contribution in [2.45, 2.75) is 45.3 Å². The molecule has 0 bridgehead atoms. The molecule has 0 radical (unpaired) electrons. The van der Waals surface area contributed by atoms with E-state index in [2.05, 4.69) is 10.3 Å². The molecule has 1 aromatic heterocycles. The minimum atomic E-state index is -0.117. The van der Waals surface area contributed by atoms with Crippen LogP contribution in [-0.4, -0.2) is 29.6 Å². The maximum absolute atomic E-state index is 12.2. The second-order valence-corrected chi connectivity index (χ2v) is 5.59. The third-order valence-electron chi connectivity index (χ3n) is 3.36. The fraction of sp³-hybridized carbons (Fsp3) is 0.571. The normalized spacial score (nSPS) is 22.8. The van der Waals surface area contributed by atoms with Gasteiger partial charge in [0.2, 0.25) is 0 Å². The molecule has 2 heterocycles. The zero-order valence-corrected chi connectivity index (χ0v) is 12.2. The molecule has 4 nitrogen and oxygen atoms in total. The van der Waals surface area contributed by atoms with Gasteiger partial charge in [0.25, 0.3) is 5.91 Å². The van der Waals surface area contributed by atoms with Crippen molar-refractivity contribution in [1.82, 2.24) is 10.3 Å². The van der Waals surface area contributed by atoms with Crippen molar-refractivity contribution in [3.05, 3.63) is 28.5 Å². The molecule has 1 aliphatic rings. The average molecular weight is 283 g/mol. The summed E-state index contributed by atoms with van der Waals surface area (Å²) < 4.78 is 5.43. The third kappa shape index (κ3) is 3.45. The number of nitrogens with one attached hydrogen (secondary N) is 1. The number of ether oxygens (including phenoxy) is 1. The summed E-state index contributed by atoms with van der Waals surface area (Å²) in [5.74, 6) is 0.118. The maximum Gasteiger partial charge on any atom is 0.251 e. The van der Waals surface area contributed by atoms with Gasteiger partial charge in [-0.1, -0.05) is 25.4 Å². The zero-order chi connectivity index (χ0) is 14.0. The first-order valence-electron chi connectivity index (χ1n) is 6.57. The summed E-state index contributed by atoms with van der Waals surface area (Å²) in [4.78, 5) is 16.4. The van der Waals surface area contributed by atoms with Gasteiger partial charge in [0.05, 0.1) is 12.1 Å². The van der Waals surface area contributed by atoms with Crippen LogP contribution in [0.25, 0.3) is 0 Å². The monoisotopic (exact) mass is 282 g/mol. The van der Waals surface area contributed by atoms with Gasteiger partial charge in [-0.15, -0.1) is 0 Å². The minimum absolute atomic E-state index is 0.0610. The van der Waals surface area contributed by atoms with E-state index >= 15 is 0 Å². The maximum atomic E-state index is 12.2. The molecule has 0 saturated carbocycles. The van der Waals surface area contributed by atoms with Gasteiger partial charge >= 0.3 is 0 Å². The molecule has 1 saturated heterocycles. The van der Waals surface area contributed by atoms with Crippen molar-refractivity contribution in [3.63, 3.8) is 0 Å². The molecule has 104 valence electrons. The van der Waals surface area contributed by atoms with Gasteiger partial charge in [-0.2, -0.15) is 0 Å². The number of pyridine rings is 1. The smallest absolute Gasteiger partial charge is 0.251 e. The Labute approximate surface area is 118 Å². The van der Waals surface area contributed by atoms with Gasteiger partial charge in [-0.25, -0.2) is 4.98 Å². The Morgan fingerprint density at radius 1 is 1.53 bits per heavy atom. The lowest BCUT2D eigenvalue weighted by Gasteiger charge is -2.16. The van der Waals surface area contributed by atoms with Crippen LogP contribution < -0.4 is 5.32 Å². The molecule has 0 spiro atoms. The third-order valence-corrected chi connectivity index (χ3v) is 3.55. The number of carbonyl (C=O) groups is 1. The number of halogens is 1.